The summed E-state index contributed by atoms with van der Waals surface area (Å²) in [6.45, 7) is 7.11. The monoisotopic (exact) mass is 256 g/mol. The van der Waals surface area contributed by atoms with E-state index in [1.807, 2.05) is 0 Å². The minimum Gasteiger partial charge on any atom is -0.414 e. The fourth-order valence-electron chi connectivity index (χ4n) is 2.85. The molecule has 0 radical (unpaired) electrons. The molecule has 1 nitrogen and oxygen atoms in total. The maximum atomic E-state index is 6.37. The molecule has 1 rings (SSSR count). The number of hydrogen-bond acceptors (Lipinski definition) is 1. The summed E-state index contributed by atoms with van der Waals surface area (Å²) < 4.78 is 6.37. The normalized spacial score (nSPS) is 17.8. The van der Waals surface area contributed by atoms with E-state index in [9.17, 15) is 0 Å². The summed E-state index contributed by atoms with van der Waals surface area (Å²) in [5, 5.41) is 0. The van der Waals surface area contributed by atoms with Gasteiger partial charge >= 0.3 is 0 Å². The molecule has 0 spiro atoms. The number of hydrogen-bond donors (Lipinski definition) is 0. The van der Waals surface area contributed by atoms with Crippen LogP contribution >= 0.6 is 0 Å². The lowest BCUT2D eigenvalue weighted by Gasteiger charge is -2.27. The van der Waals surface area contributed by atoms with E-state index in [1.165, 1.54) is 70.3 Å². The summed E-state index contributed by atoms with van der Waals surface area (Å²) in [6, 6.07) is 1.37. The second-order valence-corrected chi connectivity index (χ2v) is 10.6. The molecular formula is C15H32OSi. The Balaban J connectivity index is 2.03. The Kier molecular flexibility index (Phi) is 7.45. The fourth-order valence-corrected chi connectivity index (χ4v) is 5.20. The molecule has 0 heterocycles. The Hall–Kier alpha value is 0.177. The van der Waals surface area contributed by atoms with Crippen LogP contribution in [0.1, 0.15) is 71.1 Å². The second kappa shape index (κ2) is 8.31. The van der Waals surface area contributed by atoms with Gasteiger partial charge in [0.2, 0.25) is 0 Å². The quantitative estimate of drug-likeness (QED) is 0.390. The maximum absolute atomic E-state index is 6.37. The highest BCUT2D eigenvalue weighted by Gasteiger charge is 2.27. The molecule has 0 aromatic heterocycles. The summed E-state index contributed by atoms with van der Waals surface area (Å²) in [4.78, 5) is 0. The Morgan fingerprint density at radius 1 is 0.941 bits per heavy atom. The van der Waals surface area contributed by atoms with Crippen molar-refractivity contribution in [3.63, 3.8) is 0 Å². The first-order valence-corrected chi connectivity index (χ1v) is 10.9. The highest BCUT2D eigenvalue weighted by molar-refractivity contribution is 6.71. The molecule has 1 saturated carbocycles. The van der Waals surface area contributed by atoms with Crippen molar-refractivity contribution in [2.24, 2.45) is 0 Å². The van der Waals surface area contributed by atoms with Gasteiger partial charge in [-0.25, -0.2) is 0 Å². The fraction of sp³-hybridized carbons (Fsp3) is 1.00. The van der Waals surface area contributed by atoms with Crippen LogP contribution in [0.4, 0.5) is 0 Å². The molecule has 0 amide bonds. The third-order valence-corrected chi connectivity index (χ3v) is 6.45. The Labute approximate surface area is 109 Å². The number of rotatable bonds is 9. The van der Waals surface area contributed by atoms with E-state index in [1.54, 1.807) is 0 Å². The third kappa shape index (κ3) is 7.25. The predicted molar refractivity (Wildman–Crippen MR) is 79.0 cm³/mol. The zero-order valence-corrected chi connectivity index (χ0v) is 13.3. The number of unbranched alkanes of at least 4 members (excludes halogenated alkanes) is 5. The zero-order chi connectivity index (χ0) is 12.6. The maximum Gasteiger partial charge on any atom is 0.187 e. The Morgan fingerprint density at radius 2 is 1.53 bits per heavy atom. The second-order valence-electron chi connectivity index (χ2n) is 6.30. The molecule has 0 atom stereocenters. The van der Waals surface area contributed by atoms with E-state index in [-0.39, 0.29) is 0 Å². The largest absolute Gasteiger partial charge is 0.414 e. The summed E-state index contributed by atoms with van der Waals surface area (Å²) >= 11 is 0. The van der Waals surface area contributed by atoms with Crippen molar-refractivity contribution in [1.29, 1.82) is 0 Å². The SMILES string of the molecule is CCCCCCCC[Si](C)(C)OC1CCCC1. The van der Waals surface area contributed by atoms with Gasteiger partial charge in [0.15, 0.2) is 8.32 Å². The van der Waals surface area contributed by atoms with E-state index in [4.69, 9.17) is 4.43 Å². The van der Waals surface area contributed by atoms with Crippen LogP contribution in [0, 0.1) is 0 Å². The van der Waals surface area contributed by atoms with Crippen molar-refractivity contribution in [2.75, 3.05) is 0 Å². The highest BCUT2D eigenvalue weighted by atomic mass is 28.4. The average Bonchev–Trinajstić information content (AvgIpc) is 2.75. The molecule has 1 fully saturated rings. The van der Waals surface area contributed by atoms with E-state index in [0.717, 1.165) is 0 Å². The van der Waals surface area contributed by atoms with Crippen LogP contribution in [0.3, 0.4) is 0 Å². The van der Waals surface area contributed by atoms with Gasteiger partial charge in [0.25, 0.3) is 0 Å². The van der Waals surface area contributed by atoms with Gasteiger partial charge in [-0.3, -0.25) is 0 Å². The van der Waals surface area contributed by atoms with Gasteiger partial charge in [0.05, 0.1) is 0 Å². The standard InChI is InChI=1S/C15H32OSi/c1-4-5-6-7-8-11-14-17(2,3)16-15-12-9-10-13-15/h15H,4-14H2,1-3H3. The average molecular weight is 257 g/mol. The van der Waals surface area contributed by atoms with E-state index in [0.29, 0.717) is 6.10 Å². The first-order chi connectivity index (χ1) is 8.14. The molecule has 0 N–H and O–H groups in total. The molecular weight excluding hydrogens is 224 g/mol. The van der Waals surface area contributed by atoms with Gasteiger partial charge < -0.3 is 4.43 Å². The molecule has 0 aromatic rings. The molecule has 1 aliphatic rings. The molecule has 17 heavy (non-hydrogen) atoms. The molecule has 0 aliphatic heterocycles. The minimum atomic E-state index is -1.34. The Bertz CT molecular complexity index is 185. The van der Waals surface area contributed by atoms with Crippen LogP contribution in [0.5, 0.6) is 0 Å². The van der Waals surface area contributed by atoms with Gasteiger partial charge in [-0.15, -0.1) is 0 Å². The van der Waals surface area contributed by atoms with E-state index >= 15 is 0 Å². The summed E-state index contributed by atoms with van der Waals surface area (Å²) in [5.41, 5.74) is 0. The third-order valence-electron chi connectivity index (χ3n) is 3.92. The van der Waals surface area contributed by atoms with Gasteiger partial charge in [-0.1, -0.05) is 58.3 Å². The lowest BCUT2D eigenvalue weighted by atomic mass is 10.1. The van der Waals surface area contributed by atoms with Crippen LogP contribution in [0.25, 0.3) is 0 Å². The van der Waals surface area contributed by atoms with Gasteiger partial charge in [0, 0.05) is 6.10 Å². The molecule has 0 bridgehead atoms. The van der Waals surface area contributed by atoms with Gasteiger partial charge in [0.1, 0.15) is 0 Å². The summed E-state index contributed by atoms with van der Waals surface area (Å²) in [7, 11) is -1.34. The van der Waals surface area contributed by atoms with Crippen LogP contribution < -0.4 is 0 Å². The van der Waals surface area contributed by atoms with Crippen molar-refractivity contribution in [1.82, 2.24) is 0 Å². The first kappa shape index (κ1) is 15.2. The van der Waals surface area contributed by atoms with Crippen molar-refractivity contribution < 1.29 is 4.43 Å². The topological polar surface area (TPSA) is 9.23 Å². The van der Waals surface area contributed by atoms with Gasteiger partial charge in [-0.05, 0) is 32.0 Å². The molecule has 0 saturated heterocycles. The zero-order valence-electron chi connectivity index (χ0n) is 12.3. The smallest absolute Gasteiger partial charge is 0.187 e. The molecule has 102 valence electrons. The Morgan fingerprint density at radius 3 is 2.18 bits per heavy atom. The predicted octanol–water partition coefficient (Wildman–Crippen LogP) is 5.51. The summed E-state index contributed by atoms with van der Waals surface area (Å²) in [6.07, 6.45) is 14.5. The van der Waals surface area contributed by atoms with Crippen molar-refractivity contribution >= 4 is 8.32 Å². The molecule has 2 heteroatoms. The summed E-state index contributed by atoms with van der Waals surface area (Å²) in [5.74, 6) is 0. The molecule has 1 aliphatic carbocycles. The van der Waals surface area contributed by atoms with Crippen molar-refractivity contribution in [3.8, 4) is 0 Å². The lowest BCUT2D eigenvalue weighted by Crippen LogP contribution is -2.34. The van der Waals surface area contributed by atoms with Gasteiger partial charge in [-0.2, -0.15) is 0 Å². The highest BCUT2D eigenvalue weighted by Crippen LogP contribution is 2.27. The lowest BCUT2D eigenvalue weighted by molar-refractivity contribution is 0.198. The van der Waals surface area contributed by atoms with E-state index < -0.39 is 8.32 Å². The van der Waals surface area contributed by atoms with Crippen molar-refractivity contribution in [3.05, 3.63) is 0 Å². The molecule has 0 aromatic carbocycles. The minimum absolute atomic E-state index is 0.622. The van der Waals surface area contributed by atoms with Crippen LogP contribution in [0.2, 0.25) is 19.1 Å². The first-order valence-electron chi connectivity index (χ1n) is 7.82. The van der Waals surface area contributed by atoms with Crippen LogP contribution in [-0.4, -0.2) is 14.4 Å². The van der Waals surface area contributed by atoms with Crippen LogP contribution in [0.15, 0.2) is 0 Å². The van der Waals surface area contributed by atoms with Crippen LogP contribution in [-0.2, 0) is 4.43 Å². The molecule has 0 unspecified atom stereocenters. The van der Waals surface area contributed by atoms with E-state index in [2.05, 4.69) is 20.0 Å². The van der Waals surface area contributed by atoms with Crippen molar-refractivity contribution in [2.45, 2.75) is 96.4 Å².